The minimum absolute atomic E-state index is 0.0249. The first-order valence-electron chi connectivity index (χ1n) is 15.4. The van der Waals surface area contributed by atoms with Crippen molar-refractivity contribution >= 4 is 5.97 Å². The van der Waals surface area contributed by atoms with Crippen molar-refractivity contribution in [3.8, 4) is 0 Å². The Morgan fingerprint density at radius 3 is 2.47 bits per heavy atom. The molecule has 5 rings (SSSR count). The Hall–Kier alpha value is -1.39. The molecule has 0 amide bonds. The molecule has 1 spiro atoms. The maximum absolute atomic E-state index is 12.0. The minimum Gasteiger partial charge on any atom is -0.463 e. The number of allylic oxidation sites excluding steroid dienone is 5. The van der Waals surface area contributed by atoms with Gasteiger partial charge in [0.15, 0.2) is 5.79 Å². The van der Waals surface area contributed by atoms with Gasteiger partial charge in [-0.05, 0) is 104 Å². The summed E-state index contributed by atoms with van der Waals surface area (Å²) in [7, 11) is 0. The molecule has 6 atom stereocenters. The Labute approximate surface area is 231 Å². The summed E-state index contributed by atoms with van der Waals surface area (Å²) < 4.78 is 17.9. The zero-order valence-corrected chi connectivity index (χ0v) is 25.4. The van der Waals surface area contributed by atoms with E-state index in [-0.39, 0.29) is 27.6 Å². The zero-order valence-electron chi connectivity index (χ0n) is 25.4. The molecule has 212 valence electrons. The van der Waals surface area contributed by atoms with Gasteiger partial charge in [0.1, 0.15) is 0 Å². The van der Waals surface area contributed by atoms with Crippen molar-refractivity contribution in [2.24, 2.45) is 39.4 Å². The van der Waals surface area contributed by atoms with E-state index in [0.717, 1.165) is 50.9 Å². The molecule has 0 aromatic rings. The molecule has 0 bridgehead atoms. The lowest BCUT2D eigenvalue weighted by Crippen LogP contribution is -2.60. The van der Waals surface area contributed by atoms with Crippen molar-refractivity contribution in [3.05, 3.63) is 34.9 Å². The van der Waals surface area contributed by atoms with E-state index >= 15 is 0 Å². The van der Waals surface area contributed by atoms with Crippen LogP contribution in [0.25, 0.3) is 0 Å². The number of rotatable bonds is 6. The normalized spacial score (nSPS) is 40.1. The van der Waals surface area contributed by atoms with Gasteiger partial charge in [0, 0.05) is 17.4 Å². The Morgan fingerprint density at radius 1 is 1.08 bits per heavy atom. The van der Waals surface area contributed by atoms with E-state index in [9.17, 15) is 4.79 Å². The molecule has 0 aromatic carbocycles. The molecule has 1 aliphatic heterocycles. The average Bonchev–Trinajstić information content (AvgIpc) is 3.46. The number of esters is 1. The van der Waals surface area contributed by atoms with Gasteiger partial charge in [0.05, 0.1) is 19.8 Å². The van der Waals surface area contributed by atoms with Gasteiger partial charge in [-0.2, -0.15) is 0 Å². The van der Waals surface area contributed by atoms with Crippen LogP contribution in [-0.2, 0) is 19.0 Å². The van der Waals surface area contributed by atoms with Gasteiger partial charge in [-0.15, -0.1) is 0 Å². The molecular formula is C34H52O4. The Morgan fingerprint density at radius 2 is 1.79 bits per heavy atom. The molecule has 4 nitrogen and oxygen atoms in total. The highest BCUT2D eigenvalue weighted by atomic mass is 16.7. The van der Waals surface area contributed by atoms with Crippen molar-refractivity contribution in [2.75, 3.05) is 19.8 Å². The fourth-order valence-corrected chi connectivity index (χ4v) is 9.94. The number of hydrogen-bond donors (Lipinski definition) is 0. The highest BCUT2D eigenvalue weighted by Crippen LogP contribution is 2.73. The molecule has 1 unspecified atom stereocenters. The fraction of sp³-hybridized carbons (Fsp3) is 0.794. The monoisotopic (exact) mass is 524 g/mol. The van der Waals surface area contributed by atoms with Crippen LogP contribution in [0, 0.1) is 39.4 Å². The Balaban J connectivity index is 1.37. The average molecular weight is 525 g/mol. The highest BCUT2D eigenvalue weighted by Gasteiger charge is 2.66. The molecular weight excluding hydrogens is 472 g/mol. The molecule has 2 saturated carbocycles. The van der Waals surface area contributed by atoms with E-state index in [1.54, 1.807) is 11.1 Å². The quantitative estimate of drug-likeness (QED) is 0.260. The number of hydrogen-bond acceptors (Lipinski definition) is 4. The SMILES string of the molecule is CCOC(=O)/C(C)=C/CC[C@@H](C)[C@H]1CC[C@@]2(C)C3=CCC4C(C)(C)C5(CC[C@]4(C)C3=CC[C@]12C)OCCO5. The van der Waals surface area contributed by atoms with Gasteiger partial charge in [-0.25, -0.2) is 4.79 Å². The predicted molar refractivity (Wildman–Crippen MR) is 152 cm³/mol. The van der Waals surface area contributed by atoms with E-state index in [0.29, 0.717) is 24.4 Å². The Bertz CT molecular complexity index is 1040. The standard InChI is InChI=1S/C34H52O4/c1-9-36-29(35)24(3)12-10-11-23(2)25-15-17-33(8)27-13-14-28-30(4,5)34(37-21-22-38-34)20-19-31(28,6)26(27)16-18-32(25,33)7/h12-13,16,23,25,28H,9-11,14-15,17-22H2,1-8H3/b24-12+/t23-,25-,28?,31-,32-,33+/m1/s1. The van der Waals surface area contributed by atoms with Gasteiger partial charge >= 0.3 is 5.97 Å². The summed E-state index contributed by atoms with van der Waals surface area (Å²) in [6.45, 7) is 20.6. The first-order valence-corrected chi connectivity index (χ1v) is 15.4. The molecule has 0 radical (unpaired) electrons. The first kappa shape index (κ1) is 28.1. The van der Waals surface area contributed by atoms with E-state index in [1.165, 1.54) is 19.3 Å². The van der Waals surface area contributed by atoms with E-state index < -0.39 is 5.79 Å². The van der Waals surface area contributed by atoms with E-state index in [2.05, 4.69) is 59.8 Å². The van der Waals surface area contributed by atoms with Crippen LogP contribution in [-0.4, -0.2) is 31.6 Å². The van der Waals surface area contributed by atoms with Crippen molar-refractivity contribution in [2.45, 2.75) is 113 Å². The second-order valence-electron chi connectivity index (χ2n) is 14.4. The summed E-state index contributed by atoms with van der Waals surface area (Å²) >= 11 is 0. The van der Waals surface area contributed by atoms with Crippen LogP contribution in [0.3, 0.4) is 0 Å². The topological polar surface area (TPSA) is 44.8 Å². The molecule has 1 saturated heterocycles. The number of carbonyl (C=O) groups excluding carboxylic acids is 1. The zero-order chi connectivity index (χ0) is 27.6. The first-order chi connectivity index (χ1) is 17.9. The second-order valence-corrected chi connectivity index (χ2v) is 14.4. The highest BCUT2D eigenvalue weighted by molar-refractivity contribution is 5.87. The number of ether oxygens (including phenoxy) is 3. The van der Waals surface area contributed by atoms with Gasteiger partial charge in [-0.1, -0.05) is 59.8 Å². The molecule has 4 aliphatic carbocycles. The maximum Gasteiger partial charge on any atom is 0.333 e. The summed E-state index contributed by atoms with van der Waals surface area (Å²) in [5.41, 5.74) is 4.70. The minimum atomic E-state index is -0.413. The lowest BCUT2D eigenvalue weighted by Gasteiger charge is -2.63. The third kappa shape index (κ3) is 3.86. The summed E-state index contributed by atoms with van der Waals surface area (Å²) in [6.07, 6.45) is 16.5. The third-order valence-corrected chi connectivity index (χ3v) is 12.5. The predicted octanol–water partition coefficient (Wildman–Crippen LogP) is 8.18. The summed E-state index contributed by atoms with van der Waals surface area (Å²) in [6, 6.07) is 0. The lowest BCUT2D eigenvalue weighted by molar-refractivity contribution is -0.279. The van der Waals surface area contributed by atoms with Gasteiger partial charge in [0.25, 0.3) is 0 Å². The molecule has 0 aromatic heterocycles. The summed E-state index contributed by atoms with van der Waals surface area (Å²) in [5, 5.41) is 0. The van der Waals surface area contributed by atoms with Crippen LogP contribution < -0.4 is 0 Å². The van der Waals surface area contributed by atoms with Crippen molar-refractivity contribution < 1.29 is 19.0 Å². The van der Waals surface area contributed by atoms with Crippen LogP contribution in [0.1, 0.15) is 107 Å². The van der Waals surface area contributed by atoms with Gasteiger partial charge in [-0.3, -0.25) is 0 Å². The van der Waals surface area contributed by atoms with Gasteiger partial charge < -0.3 is 14.2 Å². The largest absolute Gasteiger partial charge is 0.463 e. The summed E-state index contributed by atoms with van der Waals surface area (Å²) in [5.74, 6) is 1.25. The molecule has 38 heavy (non-hydrogen) atoms. The molecule has 3 fully saturated rings. The van der Waals surface area contributed by atoms with E-state index in [1.807, 2.05) is 13.8 Å². The third-order valence-electron chi connectivity index (χ3n) is 12.5. The van der Waals surface area contributed by atoms with Crippen molar-refractivity contribution in [1.29, 1.82) is 0 Å². The van der Waals surface area contributed by atoms with Crippen LogP contribution in [0.2, 0.25) is 0 Å². The maximum atomic E-state index is 12.0. The van der Waals surface area contributed by atoms with Crippen LogP contribution in [0.5, 0.6) is 0 Å². The molecule has 4 heteroatoms. The smallest absolute Gasteiger partial charge is 0.333 e. The summed E-state index contributed by atoms with van der Waals surface area (Å²) in [4.78, 5) is 12.0. The van der Waals surface area contributed by atoms with Crippen LogP contribution in [0.4, 0.5) is 0 Å². The second kappa shape index (κ2) is 9.61. The molecule has 1 heterocycles. The number of carbonyl (C=O) groups is 1. The number of fused-ring (bicyclic) bond motifs is 5. The van der Waals surface area contributed by atoms with Gasteiger partial charge in [0.2, 0.25) is 0 Å². The van der Waals surface area contributed by atoms with Crippen molar-refractivity contribution in [1.82, 2.24) is 0 Å². The molecule has 0 N–H and O–H groups in total. The molecule has 5 aliphatic rings. The van der Waals surface area contributed by atoms with E-state index in [4.69, 9.17) is 14.2 Å². The fourth-order valence-electron chi connectivity index (χ4n) is 9.94. The lowest BCUT2D eigenvalue weighted by atomic mass is 9.43. The van der Waals surface area contributed by atoms with Crippen LogP contribution >= 0.6 is 0 Å². The van der Waals surface area contributed by atoms with Crippen molar-refractivity contribution in [3.63, 3.8) is 0 Å². The Kier molecular flexibility index (Phi) is 7.12. The van der Waals surface area contributed by atoms with Crippen LogP contribution in [0.15, 0.2) is 34.9 Å².